The number of anilines is 1. The minimum Gasteiger partial charge on any atom is -0.490 e. The first kappa shape index (κ1) is 21.9. The average Bonchev–Trinajstić information content (AvgIpc) is 2.58. The molecule has 0 spiro atoms. The number of carbonyl (C=O) groups excluding carboxylic acids is 1. The summed E-state index contributed by atoms with van der Waals surface area (Å²) in [5, 5.41) is 0.168. The fourth-order valence-corrected chi connectivity index (χ4v) is 3.03. The summed E-state index contributed by atoms with van der Waals surface area (Å²) < 4.78 is 34.2. The second-order valence-electron chi connectivity index (χ2n) is 6.10. The van der Waals surface area contributed by atoms with E-state index in [4.69, 9.17) is 21.1 Å². The number of sulfone groups is 1. The number of hydrogen-bond acceptors (Lipinski definition) is 8. The predicted molar refractivity (Wildman–Crippen MR) is 104 cm³/mol. The van der Waals surface area contributed by atoms with Crippen molar-refractivity contribution in [3.8, 4) is 5.75 Å². The van der Waals surface area contributed by atoms with Gasteiger partial charge in [-0.15, -0.1) is 0 Å². The molecule has 0 saturated carbocycles. The third kappa shape index (κ3) is 6.04. The second kappa shape index (κ2) is 9.18. The number of nitrogens with one attached hydrogen (secondary N) is 2. The van der Waals surface area contributed by atoms with Gasteiger partial charge in [0.05, 0.1) is 16.6 Å². The van der Waals surface area contributed by atoms with Gasteiger partial charge in [-0.2, -0.15) is 0 Å². The molecule has 0 saturated heterocycles. The summed E-state index contributed by atoms with van der Waals surface area (Å²) in [6, 6.07) is 5.51. The molecule has 0 unspecified atom stereocenters. The normalized spacial score (nSPS) is 11.4. The van der Waals surface area contributed by atoms with Crippen molar-refractivity contribution < 1.29 is 22.7 Å². The molecule has 0 radical (unpaired) electrons. The highest BCUT2D eigenvalue weighted by Gasteiger charge is 2.18. The lowest BCUT2D eigenvalue weighted by Crippen LogP contribution is -2.31. The Morgan fingerprint density at radius 2 is 1.96 bits per heavy atom. The Morgan fingerprint density at radius 1 is 1.25 bits per heavy atom. The molecular formula is C17H21ClN4O5S. The van der Waals surface area contributed by atoms with Gasteiger partial charge in [0.25, 0.3) is 5.91 Å². The quantitative estimate of drug-likeness (QED) is 0.485. The number of rotatable bonds is 8. The molecule has 2 aromatic rings. The lowest BCUT2D eigenvalue weighted by Gasteiger charge is -2.16. The Balaban J connectivity index is 2.27. The molecule has 1 aromatic heterocycles. The largest absolute Gasteiger partial charge is 0.490 e. The van der Waals surface area contributed by atoms with Gasteiger partial charge in [0.15, 0.2) is 15.7 Å². The number of amides is 1. The molecule has 1 amide bonds. The number of benzene rings is 1. The van der Waals surface area contributed by atoms with Crippen LogP contribution in [0, 0.1) is 0 Å². The van der Waals surface area contributed by atoms with Crippen LogP contribution >= 0.6 is 11.6 Å². The number of ether oxygens (including phenoxy) is 2. The van der Waals surface area contributed by atoms with Crippen LogP contribution in [0.4, 0.5) is 5.82 Å². The maximum absolute atomic E-state index is 12.6. The maximum atomic E-state index is 12.6. The third-order valence-electron chi connectivity index (χ3n) is 3.31. The maximum Gasteiger partial charge on any atom is 0.273 e. The molecule has 0 aliphatic heterocycles. The standard InChI is InChI=1S/C17H21ClN4O5S/c1-10(2)27-13-6-5-11(28(4,24)25)7-12(13)17(23)22-21-15-8-14(18)19-16(20-15)9-26-3/h5-8,10H,9H2,1-4H3,(H,22,23)(H,19,20,21). The van der Waals surface area contributed by atoms with E-state index in [1.165, 1.54) is 31.4 Å². The van der Waals surface area contributed by atoms with E-state index in [9.17, 15) is 13.2 Å². The van der Waals surface area contributed by atoms with E-state index in [1.54, 1.807) is 13.8 Å². The van der Waals surface area contributed by atoms with Crippen LogP contribution in [-0.2, 0) is 21.2 Å². The van der Waals surface area contributed by atoms with Crippen LogP contribution in [0.3, 0.4) is 0 Å². The molecule has 28 heavy (non-hydrogen) atoms. The van der Waals surface area contributed by atoms with Gasteiger partial charge in [-0.1, -0.05) is 11.6 Å². The summed E-state index contributed by atoms with van der Waals surface area (Å²) >= 11 is 5.93. The summed E-state index contributed by atoms with van der Waals surface area (Å²) in [5.41, 5.74) is 5.13. The predicted octanol–water partition coefficient (Wildman–Crippen LogP) is 2.22. The van der Waals surface area contributed by atoms with Crippen molar-refractivity contribution in [2.24, 2.45) is 0 Å². The van der Waals surface area contributed by atoms with Crippen LogP contribution < -0.4 is 15.6 Å². The zero-order chi connectivity index (χ0) is 20.9. The topological polar surface area (TPSA) is 120 Å². The van der Waals surface area contributed by atoms with Crippen molar-refractivity contribution in [3.05, 3.63) is 40.8 Å². The Morgan fingerprint density at radius 3 is 2.57 bits per heavy atom. The number of hydrogen-bond donors (Lipinski definition) is 2. The van der Waals surface area contributed by atoms with Gasteiger partial charge in [-0.25, -0.2) is 18.4 Å². The summed E-state index contributed by atoms with van der Waals surface area (Å²) in [4.78, 5) is 20.8. The van der Waals surface area contributed by atoms with Gasteiger partial charge < -0.3 is 9.47 Å². The van der Waals surface area contributed by atoms with E-state index in [0.717, 1.165) is 6.26 Å². The van der Waals surface area contributed by atoms with Crippen molar-refractivity contribution in [2.45, 2.75) is 31.5 Å². The SMILES string of the molecule is COCc1nc(Cl)cc(NNC(=O)c2cc(S(C)(=O)=O)ccc2OC(C)C)n1. The van der Waals surface area contributed by atoms with E-state index in [0.29, 0.717) is 5.82 Å². The van der Waals surface area contributed by atoms with Crippen LogP contribution in [0.1, 0.15) is 30.0 Å². The smallest absolute Gasteiger partial charge is 0.273 e. The number of nitrogens with zero attached hydrogens (tertiary/aromatic N) is 2. The first-order chi connectivity index (χ1) is 13.1. The van der Waals surface area contributed by atoms with Crippen LogP contribution in [0.15, 0.2) is 29.2 Å². The summed E-state index contributed by atoms with van der Waals surface area (Å²) in [5.74, 6) is 0.215. The minimum atomic E-state index is -3.50. The zero-order valence-electron chi connectivity index (χ0n) is 15.8. The highest BCUT2D eigenvalue weighted by molar-refractivity contribution is 7.90. The number of carbonyl (C=O) groups is 1. The molecule has 0 aliphatic carbocycles. The Kier molecular flexibility index (Phi) is 7.17. The molecule has 0 aliphatic rings. The van der Waals surface area contributed by atoms with E-state index in [1.807, 2.05) is 0 Å². The van der Waals surface area contributed by atoms with Crippen LogP contribution in [0.25, 0.3) is 0 Å². The van der Waals surface area contributed by atoms with E-state index < -0.39 is 15.7 Å². The second-order valence-corrected chi connectivity index (χ2v) is 8.50. The van der Waals surface area contributed by atoms with Crippen LogP contribution in [0.5, 0.6) is 5.75 Å². The fraction of sp³-hybridized carbons (Fsp3) is 0.353. The van der Waals surface area contributed by atoms with Crippen LogP contribution in [-0.4, -0.2) is 43.8 Å². The molecule has 152 valence electrons. The molecular weight excluding hydrogens is 408 g/mol. The van der Waals surface area contributed by atoms with E-state index in [2.05, 4.69) is 20.8 Å². The highest BCUT2D eigenvalue weighted by atomic mass is 35.5. The fourth-order valence-electron chi connectivity index (χ4n) is 2.18. The van der Waals surface area contributed by atoms with Crippen LogP contribution in [0.2, 0.25) is 5.15 Å². The summed E-state index contributed by atoms with van der Waals surface area (Å²) in [7, 11) is -2.01. The number of hydrazine groups is 1. The Hall–Kier alpha value is -2.43. The van der Waals surface area contributed by atoms with E-state index in [-0.39, 0.29) is 39.9 Å². The van der Waals surface area contributed by atoms with Crippen molar-refractivity contribution in [2.75, 3.05) is 18.8 Å². The van der Waals surface area contributed by atoms with Crippen molar-refractivity contribution in [1.82, 2.24) is 15.4 Å². The monoisotopic (exact) mass is 428 g/mol. The van der Waals surface area contributed by atoms with Gasteiger partial charge in [0, 0.05) is 19.4 Å². The first-order valence-corrected chi connectivity index (χ1v) is 10.5. The number of methoxy groups -OCH3 is 1. The van der Waals surface area contributed by atoms with Gasteiger partial charge >= 0.3 is 0 Å². The number of aromatic nitrogens is 2. The lowest BCUT2D eigenvalue weighted by molar-refractivity contribution is 0.0956. The molecule has 9 nitrogen and oxygen atoms in total. The van der Waals surface area contributed by atoms with Gasteiger partial charge in [-0.3, -0.25) is 15.6 Å². The van der Waals surface area contributed by atoms with Gasteiger partial charge in [-0.05, 0) is 32.0 Å². The van der Waals surface area contributed by atoms with Crippen molar-refractivity contribution in [1.29, 1.82) is 0 Å². The summed E-state index contributed by atoms with van der Waals surface area (Å²) in [6.45, 7) is 3.74. The Bertz CT molecular complexity index is 966. The number of halogens is 1. The molecule has 2 N–H and O–H groups in total. The van der Waals surface area contributed by atoms with Crippen molar-refractivity contribution >= 4 is 33.2 Å². The molecule has 11 heteroatoms. The highest BCUT2D eigenvalue weighted by Crippen LogP contribution is 2.24. The molecule has 0 atom stereocenters. The first-order valence-electron chi connectivity index (χ1n) is 8.19. The van der Waals surface area contributed by atoms with Gasteiger partial charge in [0.2, 0.25) is 0 Å². The lowest BCUT2D eigenvalue weighted by atomic mass is 10.2. The Labute approximate surface area is 168 Å². The van der Waals surface area contributed by atoms with Crippen molar-refractivity contribution in [3.63, 3.8) is 0 Å². The molecule has 1 aromatic carbocycles. The molecule has 0 fully saturated rings. The average molecular weight is 429 g/mol. The summed E-state index contributed by atoms with van der Waals surface area (Å²) in [6.07, 6.45) is 0.853. The minimum absolute atomic E-state index is 0.00113. The molecule has 2 rings (SSSR count). The molecule has 1 heterocycles. The zero-order valence-corrected chi connectivity index (χ0v) is 17.4. The van der Waals surface area contributed by atoms with E-state index >= 15 is 0 Å². The third-order valence-corrected chi connectivity index (χ3v) is 4.61. The molecule has 0 bridgehead atoms. The van der Waals surface area contributed by atoms with Gasteiger partial charge in [0.1, 0.15) is 23.3 Å².